The maximum Gasteiger partial charge on any atom is 0.198 e. The maximum absolute atomic E-state index is 6.23. The summed E-state index contributed by atoms with van der Waals surface area (Å²) in [6.07, 6.45) is 1.01. The van der Waals surface area contributed by atoms with Crippen molar-refractivity contribution in [2.24, 2.45) is 15.7 Å². The molecule has 112 valence electrons. The van der Waals surface area contributed by atoms with Gasteiger partial charge in [-0.15, -0.1) is 0 Å². The summed E-state index contributed by atoms with van der Waals surface area (Å²) in [6.45, 7) is 1.71. The van der Waals surface area contributed by atoms with Gasteiger partial charge >= 0.3 is 0 Å². The monoisotopic (exact) mass is 374 g/mol. The van der Waals surface area contributed by atoms with Crippen LogP contribution in [0.3, 0.4) is 0 Å². The van der Waals surface area contributed by atoms with Gasteiger partial charge in [0, 0.05) is 23.1 Å². The first kappa shape index (κ1) is 14.0. The van der Waals surface area contributed by atoms with Crippen molar-refractivity contribution < 1.29 is 0 Å². The Kier molecular flexibility index (Phi) is 3.31. The first-order valence-corrected chi connectivity index (χ1v) is 8.92. The Hall–Kier alpha value is -1.66. The van der Waals surface area contributed by atoms with Gasteiger partial charge in [0.1, 0.15) is 5.84 Å². The number of guanidine groups is 1. The van der Waals surface area contributed by atoms with E-state index in [0.717, 1.165) is 40.9 Å². The molecule has 3 heterocycles. The van der Waals surface area contributed by atoms with E-state index in [9.17, 15) is 0 Å². The van der Waals surface area contributed by atoms with E-state index in [-0.39, 0.29) is 0 Å². The van der Waals surface area contributed by atoms with Crippen molar-refractivity contribution >= 4 is 39.1 Å². The van der Waals surface area contributed by atoms with Gasteiger partial charge in [0.15, 0.2) is 11.5 Å². The molecule has 2 aliphatic rings. The minimum absolute atomic E-state index is 0.560. The highest BCUT2D eigenvalue weighted by atomic mass is 79.9. The molecule has 0 amide bonds. The Labute approximate surface area is 141 Å². The summed E-state index contributed by atoms with van der Waals surface area (Å²) >= 11 is 5.24. The molecule has 0 radical (unpaired) electrons. The largest absolute Gasteiger partial charge is 0.369 e. The molecule has 0 bridgehead atoms. The fourth-order valence-electron chi connectivity index (χ4n) is 3.16. The molecule has 4 rings (SSSR count). The zero-order valence-corrected chi connectivity index (χ0v) is 14.3. The van der Waals surface area contributed by atoms with Crippen LogP contribution in [0, 0.1) is 0 Å². The van der Waals surface area contributed by atoms with E-state index in [2.05, 4.69) is 49.8 Å². The molecule has 22 heavy (non-hydrogen) atoms. The summed E-state index contributed by atoms with van der Waals surface area (Å²) in [6, 6.07) is 10.4. The molecule has 1 aromatic carbocycles. The number of benzene rings is 1. The van der Waals surface area contributed by atoms with E-state index in [1.807, 2.05) is 12.1 Å². The molecule has 2 N–H and O–H groups in total. The molecule has 0 spiro atoms. The Morgan fingerprint density at radius 2 is 2.18 bits per heavy atom. The van der Waals surface area contributed by atoms with Gasteiger partial charge in [0.05, 0.1) is 0 Å². The van der Waals surface area contributed by atoms with Crippen LogP contribution in [-0.2, 0) is 5.54 Å². The number of halogens is 1. The van der Waals surface area contributed by atoms with Crippen molar-refractivity contribution in [3.8, 4) is 0 Å². The minimum atomic E-state index is -0.617. The lowest BCUT2D eigenvalue weighted by molar-refractivity contribution is 0.531. The highest BCUT2D eigenvalue weighted by Gasteiger charge is 2.49. The predicted molar refractivity (Wildman–Crippen MR) is 94.5 cm³/mol. The molecule has 2 aromatic rings. The molecule has 1 atom stereocenters. The van der Waals surface area contributed by atoms with Crippen LogP contribution in [0.4, 0.5) is 0 Å². The SMILES string of the molecule is NC1=N[C@](c2ccsc2)(c2cccc(Br)c2)C2=NCCCN12. The number of hydrogen-bond acceptors (Lipinski definition) is 5. The Balaban J connectivity index is 2.00. The highest BCUT2D eigenvalue weighted by molar-refractivity contribution is 9.10. The topological polar surface area (TPSA) is 54.0 Å². The van der Waals surface area contributed by atoms with Crippen molar-refractivity contribution in [3.63, 3.8) is 0 Å². The predicted octanol–water partition coefficient (Wildman–Crippen LogP) is 3.19. The number of nitrogens with two attached hydrogens (primary N) is 1. The molecule has 0 unspecified atom stereocenters. The average Bonchev–Trinajstić information content (AvgIpc) is 3.15. The third kappa shape index (κ3) is 1.94. The van der Waals surface area contributed by atoms with Crippen LogP contribution in [-0.4, -0.2) is 29.8 Å². The van der Waals surface area contributed by atoms with Gasteiger partial charge in [-0.25, -0.2) is 4.99 Å². The molecule has 0 saturated carbocycles. The molecular weight excluding hydrogens is 360 g/mol. The zero-order chi connectivity index (χ0) is 15.2. The van der Waals surface area contributed by atoms with Crippen molar-refractivity contribution in [2.75, 3.05) is 13.1 Å². The van der Waals surface area contributed by atoms with Gasteiger partial charge in [-0.05, 0) is 40.9 Å². The molecule has 6 heteroatoms. The quantitative estimate of drug-likeness (QED) is 0.877. The van der Waals surface area contributed by atoms with E-state index in [0.29, 0.717) is 5.96 Å². The minimum Gasteiger partial charge on any atom is -0.369 e. The zero-order valence-electron chi connectivity index (χ0n) is 11.9. The van der Waals surface area contributed by atoms with Crippen LogP contribution in [0.15, 0.2) is 55.5 Å². The fraction of sp³-hybridized carbons (Fsp3) is 0.250. The van der Waals surface area contributed by atoms with E-state index in [4.69, 9.17) is 15.7 Å². The average molecular weight is 375 g/mol. The van der Waals surface area contributed by atoms with Crippen molar-refractivity contribution in [1.82, 2.24) is 4.90 Å². The molecule has 0 fully saturated rings. The van der Waals surface area contributed by atoms with Gasteiger partial charge in [-0.2, -0.15) is 11.3 Å². The molecule has 0 saturated heterocycles. The van der Waals surface area contributed by atoms with Crippen LogP contribution in [0.1, 0.15) is 17.5 Å². The van der Waals surface area contributed by atoms with E-state index >= 15 is 0 Å². The van der Waals surface area contributed by atoms with Gasteiger partial charge in [-0.1, -0.05) is 28.1 Å². The second kappa shape index (κ2) is 5.21. The molecule has 4 nitrogen and oxygen atoms in total. The molecule has 2 aliphatic heterocycles. The third-order valence-corrected chi connectivity index (χ3v) is 5.30. The number of fused-ring (bicyclic) bond motifs is 1. The molecule has 0 aliphatic carbocycles. The number of hydrogen-bond donors (Lipinski definition) is 1. The number of amidine groups is 1. The number of thiophene rings is 1. The lowest BCUT2D eigenvalue weighted by Crippen LogP contribution is -2.46. The fourth-order valence-corrected chi connectivity index (χ4v) is 4.26. The number of nitrogens with zero attached hydrogens (tertiary/aromatic N) is 3. The lowest BCUT2D eigenvalue weighted by atomic mass is 9.83. The van der Waals surface area contributed by atoms with Crippen molar-refractivity contribution in [1.29, 1.82) is 0 Å². The Morgan fingerprint density at radius 1 is 1.27 bits per heavy atom. The Bertz CT molecular complexity index is 768. The summed E-state index contributed by atoms with van der Waals surface area (Å²) in [5.41, 5.74) is 7.83. The smallest absolute Gasteiger partial charge is 0.198 e. The molecular formula is C16H15BrN4S. The summed E-state index contributed by atoms with van der Waals surface area (Å²) < 4.78 is 1.03. The van der Waals surface area contributed by atoms with Gasteiger partial charge in [0.25, 0.3) is 0 Å². The van der Waals surface area contributed by atoms with Crippen LogP contribution in [0.25, 0.3) is 0 Å². The van der Waals surface area contributed by atoms with E-state index < -0.39 is 5.54 Å². The first-order valence-electron chi connectivity index (χ1n) is 7.18. The second-order valence-corrected chi connectivity index (χ2v) is 7.11. The summed E-state index contributed by atoms with van der Waals surface area (Å²) in [7, 11) is 0. The van der Waals surface area contributed by atoms with Gasteiger partial charge in [-0.3, -0.25) is 9.89 Å². The van der Waals surface area contributed by atoms with Gasteiger partial charge < -0.3 is 5.73 Å². The van der Waals surface area contributed by atoms with Gasteiger partial charge in [0.2, 0.25) is 0 Å². The summed E-state index contributed by atoms with van der Waals surface area (Å²) in [5.74, 6) is 1.51. The highest BCUT2D eigenvalue weighted by Crippen LogP contribution is 2.42. The number of aliphatic imine (C=N–C) groups is 2. The lowest BCUT2D eigenvalue weighted by Gasteiger charge is -2.32. The normalized spacial score (nSPS) is 24.0. The van der Waals surface area contributed by atoms with Crippen LogP contribution in [0.2, 0.25) is 0 Å². The molecule has 1 aromatic heterocycles. The Morgan fingerprint density at radius 3 is 2.95 bits per heavy atom. The van der Waals surface area contributed by atoms with E-state index in [1.54, 1.807) is 11.3 Å². The van der Waals surface area contributed by atoms with Crippen molar-refractivity contribution in [3.05, 3.63) is 56.7 Å². The van der Waals surface area contributed by atoms with Crippen LogP contribution in [0.5, 0.6) is 0 Å². The third-order valence-electron chi connectivity index (χ3n) is 4.12. The summed E-state index contributed by atoms with van der Waals surface area (Å²) in [4.78, 5) is 11.7. The van der Waals surface area contributed by atoms with Crippen molar-refractivity contribution in [2.45, 2.75) is 12.0 Å². The van der Waals surface area contributed by atoms with E-state index in [1.165, 1.54) is 0 Å². The standard InChI is InChI=1S/C16H15BrN4S/c17-13-4-1-3-11(9-13)16(12-5-8-22-10-12)14-19-6-2-7-21(14)15(18)20-16/h1,3-5,8-10H,2,6-7H2,(H2,18,20)/t16-/m0/s1. The first-order chi connectivity index (χ1) is 10.7. The van der Waals surface area contributed by atoms with Crippen LogP contribution < -0.4 is 5.73 Å². The number of rotatable bonds is 2. The second-order valence-electron chi connectivity index (χ2n) is 5.41. The summed E-state index contributed by atoms with van der Waals surface area (Å²) in [5, 5.41) is 4.21. The van der Waals surface area contributed by atoms with Crippen LogP contribution >= 0.6 is 27.3 Å². The maximum atomic E-state index is 6.23.